The molecule has 1 saturated heterocycles. The fourth-order valence-electron chi connectivity index (χ4n) is 5.93. The molecular formula is C31H31N5O2. The van der Waals surface area contributed by atoms with Crippen molar-refractivity contribution in [3.63, 3.8) is 0 Å². The summed E-state index contributed by atoms with van der Waals surface area (Å²) in [6, 6.07) is 18.7. The highest BCUT2D eigenvalue weighted by atomic mass is 16.5. The molecule has 2 aliphatic heterocycles. The monoisotopic (exact) mass is 505 g/mol. The molecule has 5 aromatic rings. The molecule has 3 aromatic carbocycles. The molecule has 7 rings (SSSR count). The maximum atomic E-state index is 6.78. The third-order valence-corrected chi connectivity index (χ3v) is 8.12. The molecule has 2 N–H and O–H groups in total. The van der Waals surface area contributed by atoms with Crippen LogP contribution in [-0.4, -0.2) is 51.5 Å². The number of aromatic nitrogens is 4. The molecule has 7 heteroatoms. The van der Waals surface area contributed by atoms with Gasteiger partial charge >= 0.3 is 0 Å². The standard InChI is InChI=1S/C31H31N5O2/c1-3-20-17-36(18-20)13-14-37-22-9-7-21(8-10-22)31-30(23-5-4-6-26-24(23)15-32-34-26)19(2)29-25-16-33-35-27(25)11-12-28(29)38-31/h4-12,15-16,20,31H,3,13-14,17-18H2,1-2H3,(H,32,34)(H,33,35). The number of hydrogen-bond donors (Lipinski definition) is 2. The van der Waals surface area contributed by atoms with E-state index >= 15 is 0 Å². The number of aromatic amines is 2. The molecule has 0 saturated carbocycles. The van der Waals surface area contributed by atoms with Gasteiger partial charge in [0, 0.05) is 41.5 Å². The van der Waals surface area contributed by atoms with E-state index in [0.29, 0.717) is 6.61 Å². The largest absolute Gasteiger partial charge is 0.492 e. The molecule has 2 aliphatic rings. The molecule has 1 fully saturated rings. The van der Waals surface area contributed by atoms with Gasteiger partial charge < -0.3 is 9.47 Å². The van der Waals surface area contributed by atoms with Gasteiger partial charge in [-0.25, -0.2) is 0 Å². The Morgan fingerprint density at radius 2 is 1.71 bits per heavy atom. The molecule has 192 valence electrons. The van der Waals surface area contributed by atoms with E-state index in [4.69, 9.17) is 9.47 Å². The molecule has 0 aliphatic carbocycles. The van der Waals surface area contributed by atoms with Gasteiger partial charge in [-0.05, 0) is 59.9 Å². The molecule has 2 aromatic heterocycles. The molecule has 38 heavy (non-hydrogen) atoms. The van der Waals surface area contributed by atoms with Crippen LogP contribution < -0.4 is 9.47 Å². The van der Waals surface area contributed by atoms with Crippen LogP contribution in [0.4, 0.5) is 0 Å². The highest BCUT2D eigenvalue weighted by Crippen LogP contribution is 2.49. The summed E-state index contributed by atoms with van der Waals surface area (Å²) >= 11 is 0. The summed E-state index contributed by atoms with van der Waals surface area (Å²) in [7, 11) is 0. The molecule has 0 amide bonds. The predicted molar refractivity (Wildman–Crippen MR) is 150 cm³/mol. The normalized spacial score (nSPS) is 18.0. The SMILES string of the molecule is CCC1CN(CCOc2ccc(C3Oc4ccc5[nH]ncc5c4C(C)=C3c3cccc4[nH]ncc34)cc2)C1. The second-order valence-corrected chi connectivity index (χ2v) is 10.4. The lowest BCUT2D eigenvalue weighted by molar-refractivity contribution is 0.0806. The van der Waals surface area contributed by atoms with E-state index in [1.165, 1.54) is 25.1 Å². The number of benzene rings is 3. The Labute approximate surface area is 221 Å². The van der Waals surface area contributed by atoms with E-state index in [0.717, 1.165) is 68.0 Å². The van der Waals surface area contributed by atoms with Crippen LogP contribution in [-0.2, 0) is 0 Å². The summed E-state index contributed by atoms with van der Waals surface area (Å²) in [5.74, 6) is 2.61. The second-order valence-electron chi connectivity index (χ2n) is 10.4. The lowest BCUT2D eigenvalue weighted by atomic mass is 9.84. The molecule has 0 spiro atoms. The Morgan fingerprint density at radius 1 is 0.947 bits per heavy atom. The van der Waals surface area contributed by atoms with Gasteiger partial charge in [0.05, 0.1) is 23.4 Å². The third-order valence-electron chi connectivity index (χ3n) is 8.12. The first-order chi connectivity index (χ1) is 18.7. The number of allylic oxidation sites excluding steroid dienone is 1. The van der Waals surface area contributed by atoms with E-state index in [2.05, 4.69) is 81.6 Å². The van der Waals surface area contributed by atoms with Gasteiger partial charge in [0.2, 0.25) is 0 Å². The lowest BCUT2D eigenvalue weighted by Gasteiger charge is -2.38. The zero-order chi connectivity index (χ0) is 25.6. The summed E-state index contributed by atoms with van der Waals surface area (Å²) in [4.78, 5) is 2.46. The smallest absolute Gasteiger partial charge is 0.150 e. The zero-order valence-electron chi connectivity index (χ0n) is 21.7. The van der Waals surface area contributed by atoms with Crippen molar-refractivity contribution in [2.45, 2.75) is 26.4 Å². The predicted octanol–water partition coefficient (Wildman–Crippen LogP) is 6.22. The van der Waals surface area contributed by atoms with Gasteiger partial charge in [0.1, 0.15) is 24.2 Å². The van der Waals surface area contributed by atoms with Gasteiger partial charge in [-0.15, -0.1) is 0 Å². The topological polar surface area (TPSA) is 79.1 Å². The number of nitrogens with zero attached hydrogens (tertiary/aromatic N) is 3. The van der Waals surface area contributed by atoms with Gasteiger partial charge in [-0.3, -0.25) is 15.1 Å². The Bertz CT molecular complexity index is 1640. The Kier molecular flexibility index (Phi) is 5.66. The minimum Gasteiger partial charge on any atom is -0.492 e. The fraction of sp³-hybridized carbons (Fsp3) is 0.290. The summed E-state index contributed by atoms with van der Waals surface area (Å²) in [6.45, 7) is 8.53. The van der Waals surface area contributed by atoms with Crippen LogP contribution in [0.15, 0.2) is 67.0 Å². The van der Waals surface area contributed by atoms with Crippen molar-refractivity contribution in [1.82, 2.24) is 25.3 Å². The average Bonchev–Trinajstić information content (AvgIpc) is 3.60. The highest BCUT2D eigenvalue weighted by Gasteiger charge is 2.32. The maximum Gasteiger partial charge on any atom is 0.150 e. The van der Waals surface area contributed by atoms with E-state index in [-0.39, 0.29) is 6.10 Å². The summed E-state index contributed by atoms with van der Waals surface area (Å²) in [5.41, 5.74) is 7.59. The first-order valence-corrected chi connectivity index (χ1v) is 13.4. The summed E-state index contributed by atoms with van der Waals surface area (Å²) in [6.07, 6.45) is 4.78. The number of ether oxygens (including phenoxy) is 2. The molecule has 4 heterocycles. The first-order valence-electron chi connectivity index (χ1n) is 13.4. The van der Waals surface area contributed by atoms with Crippen LogP contribution in [0.1, 0.15) is 43.1 Å². The molecule has 1 atom stereocenters. The molecule has 0 radical (unpaired) electrons. The molecule has 7 nitrogen and oxygen atoms in total. The van der Waals surface area contributed by atoms with Gasteiger partial charge in [-0.1, -0.05) is 37.6 Å². The fourth-order valence-corrected chi connectivity index (χ4v) is 5.93. The number of likely N-dealkylation sites (tertiary alicyclic amines) is 1. The minimum absolute atomic E-state index is 0.270. The minimum atomic E-state index is -0.270. The van der Waals surface area contributed by atoms with Crippen molar-refractivity contribution in [1.29, 1.82) is 0 Å². The van der Waals surface area contributed by atoms with Crippen molar-refractivity contribution in [3.05, 3.63) is 83.7 Å². The average molecular weight is 506 g/mol. The summed E-state index contributed by atoms with van der Waals surface area (Å²) in [5, 5.41) is 17.0. The van der Waals surface area contributed by atoms with Gasteiger partial charge in [0.15, 0.2) is 0 Å². The Balaban J connectivity index is 1.23. The molecule has 1 unspecified atom stereocenters. The Hall–Kier alpha value is -4.10. The second kappa shape index (κ2) is 9.33. The lowest BCUT2D eigenvalue weighted by Crippen LogP contribution is -2.47. The van der Waals surface area contributed by atoms with Crippen LogP contribution >= 0.6 is 0 Å². The van der Waals surface area contributed by atoms with Crippen molar-refractivity contribution >= 4 is 33.0 Å². The van der Waals surface area contributed by atoms with Gasteiger partial charge in [0.25, 0.3) is 0 Å². The van der Waals surface area contributed by atoms with Crippen LogP contribution in [0.2, 0.25) is 0 Å². The zero-order valence-corrected chi connectivity index (χ0v) is 21.7. The van der Waals surface area contributed by atoms with Gasteiger partial charge in [-0.2, -0.15) is 10.2 Å². The van der Waals surface area contributed by atoms with Crippen molar-refractivity contribution in [2.75, 3.05) is 26.2 Å². The van der Waals surface area contributed by atoms with Crippen LogP contribution in [0.25, 0.3) is 33.0 Å². The van der Waals surface area contributed by atoms with Crippen LogP contribution in [0.3, 0.4) is 0 Å². The number of hydrogen-bond acceptors (Lipinski definition) is 5. The summed E-state index contributed by atoms with van der Waals surface area (Å²) < 4.78 is 12.9. The van der Waals surface area contributed by atoms with Crippen molar-refractivity contribution in [3.8, 4) is 11.5 Å². The van der Waals surface area contributed by atoms with E-state index in [1.54, 1.807) is 0 Å². The maximum absolute atomic E-state index is 6.78. The quantitative estimate of drug-likeness (QED) is 0.274. The number of fused-ring (bicyclic) bond motifs is 4. The van der Waals surface area contributed by atoms with Crippen molar-refractivity contribution < 1.29 is 9.47 Å². The van der Waals surface area contributed by atoms with E-state index < -0.39 is 0 Å². The number of H-pyrrole nitrogens is 2. The van der Waals surface area contributed by atoms with Crippen LogP contribution in [0.5, 0.6) is 11.5 Å². The first kappa shape index (κ1) is 23.0. The van der Waals surface area contributed by atoms with E-state index in [9.17, 15) is 0 Å². The number of nitrogens with one attached hydrogen (secondary N) is 2. The van der Waals surface area contributed by atoms with Crippen molar-refractivity contribution in [2.24, 2.45) is 5.92 Å². The van der Waals surface area contributed by atoms with Crippen LogP contribution in [0, 0.1) is 5.92 Å². The highest BCUT2D eigenvalue weighted by molar-refractivity contribution is 6.07. The molecular weight excluding hydrogens is 474 g/mol. The van der Waals surface area contributed by atoms with E-state index in [1.807, 2.05) is 24.5 Å². The third kappa shape index (κ3) is 3.85. The Morgan fingerprint density at radius 3 is 2.50 bits per heavy atom. The number of rotatable bonds is 7. The molecule has 0 bridgehead atoms.